The molecule has 0 spiro atoms. The molecule has 0 aliphatic carbocycles. The number of benzene rings is 1. The van der Waals surface area contributed by atoms with Crippen LogP contribution in [0.1, 0.15) is 34.7 Å². The molecule has 0 saturated heterocycles. The Hall–Kier alpha value is -2.21. The number of aldehydes is 1. The monoisotopic (exact) mass is 306 g/mol. The second-order valence-electron chi connectivity index (χ2n) is 4.75. The maximum atomic E-state index is 12.2. The summed E-state index contributed by atoms with van der Waals surface area (Å²) in [5, 5.41) is 10.9. The van der Waals surface area contributed by atoms with E-state index in [1.165, 1.54) is 4.68 Å². The molecule has 0 saturated carbocycles. The lowest BCUT2D eigenvalue weighted by atomic mass is 10.2. The summed E-state index contributed by atoms with van der Waals surface area (Å²) in [7, 11) is 0. The number of aryl methyl sites for hydroxylation is 1. The Kier molecular flexibility index (Phi) is 4.37. The highest BCUT2D eigenvalue weighted by Crippen LogP contribution is 2.21. The molecule has 0 aliphatic rings. The standard InChI is InChI=1S/C14H15ClN4O2/c1-8-4-5-11(6-12(8)15)16-14(21)10(3)19-9(2)13(7-20)17-18-19/h4-7,10H,1-3H3,(H,16,21). The molecule has 1 aromatic heterocycles. The Morgan fingerprint density at radius 1 is 1.43 bits per heavy atom. The van der Waals surface area contributed by atoms with E-state index in [-0.39, 0.29) is 11.6 Å². The summed E-state index contributed by atoms with van der Waals surface area (Å²) < 4.78 is 1.41. The topological polar surface area (TPSA) is 76.9 Å². The van der Waals surface area contributed by atoms with Gasteiger partial charge < -0.3 is 5.32 Å². The highest BCUT2D eigenvalue weighted by Gasteiger charge is 2.20. The van der Waals surface area contributed by atoms with Crippen LogP contribution in [0.15, 0.2) is 18.2 Å². The number of hydrogen-bond donors (Lipinski definition) is 1. The van der Waals surface area contributed by atoms with E-state index >= 15 is 0 Å². The normalized spacial score (nSPS) is 12.0. The predicted octanol–water partition coefficient (Wildman–Crippen LogP) is 2.56. The first-order valence-electron chi connectivity index (χ1n) is 6.38. The third-order valence-electron chi connectivity index (χ3n) is 3.26. The van der Waals surface area contributed by atoms with Gasteiger partial charge in [0.05, 0.1) is 5.69 Å². The summed E-state index contributed by atoms with van der Waals surface area (Å²) in [5.74, 6) is -0.264. The molecule has 1 aromatic carbocycles. The fourth-order valence-corrected chi connectivity index (χ4v) is 2.04. The third kappa shape index (κ3) is 3.11. The minimum Gasteiger partial charge on any atom is -0.324 e. The van der Waals surface area contributed by atoms with Crippen LogP contribution >= 0.6 is 11.6 Å². The number of halogens is 1. The van der Waals surface area contributed by atoms with Crippen molar-refractivity contribution in [2.75, 3.05) is 5.32 Å². The smallest absolute Gasteiger partial charge is 0.249 e. The van der Waals surface area contributed by atoms with Gasteiger partial charge >= 0.3 is 0 Å². The molecule has 0 aliphatic heterocycles. The highest BCUT2D eigenvalue weighted by molar-refractivity contribution is 6.31. The molecule has 1 atom stereocenters. The Labute approximate surface area is 127 Å². The molecule has 1 N–H and O–H groups in total. The zero-order valence-electron chi connectivity index (χ0n) is 11.9. The summed E-state index contributed by atoms with van der Waals surface area (Å²) in [6.45, 7) is 5.26. The molecular formula is C14H15ClN4O2. The van der Waals surface area contributed by atoms with Gasteiger partial charge in [0.15, 0.2) is 6.29 Å². The summed E-state index contributed by atoms with van der Waals surface area (Å²) in [6.07, 6.45) is 0.614. The number of nitrogens with zero attached hydrogens (tertiary/aromatic N) is 3. The molecule has 0 radical (unpaired) electrons. The van der Waals surface area contributed by atoms with Crippen molar-refractivity contribution in [3.05, 3.63) is 40.2 Å². The van der Waals surface area contributed by atoms with Gasteiger partial charge in [-0.3, -0.25) is 9.59 Å². The first kappa shape index (κ1) is 15.2. The lowest BCUT2D eigenvalue weighted by Gasteiger charge is -2.14. The van der Waals surface area contributed by atoms with Gasteiger partial charge in [0.2, 0.25) is 5.91 Å². The lowest BCUT2D eigenvalue weighted by molar-refractivity contribution is -0.119. The minimum atomic E-state index is -0.591. The van der Waals surface area contributed by atoms with Crippen molar-refractivity contribution in [1.29, 1.82) is 0 Å². The van der Waals surface area contributed by atoms with Crippen molar-refractivity contribution >= 4 is 29.5 Å². The summed E-state index contributed by atoms with van der Waals surface area (Å²) in [4.78, 5) is 23.0. The Morgan fingerprint density at radius 2 is 2.14 bits per heavy atom. The van der Waals surface area contributed by atoms with E-state index in [1.54, 1.807) is 26.0 Å². The van der Waals surface area contributed by atoms with E-state index in [1.807, 2.05) is 13.0 Å². The van der Waals surface area contributed by atoms with Crippen molar-refractivity contribution in [3.8, 4) is 0 Å². The first-order chi connectivity index (χ1) is 9.93. The van der Waals surface area contributed by atoms with Crippen LogP contribution in [0.2, 0.25) is 5.02 Å². The van der Waals surface area contributed by atoms with Crippen LogP contribution in [-0.4, -0.2) is 27.2 Å². The van der Waals surface area contributed by atoms with Crippen LogP contribution in [0.25, 0.3) is 0 Å². The van der Waals surface area contributed by atoms with E-state index < -0.39 is 6.04 Å². The van der Waals surface area contributed by atoms with Crippen LogP contribution < -0.4 is 5.32 Å². The summed E-state index contributed by atoms with van der Waals surface area (Å²) in [6, 6.07) is 4.70. The molecule has 0 fully saturated rings. The van der Waals surface area contributed by atoms with E-state index in [9.17, 15) is 9.59 Å². The molecule has 21 heavy (non-hydrogen) atoms. The molecular weight excluding hydrogens is 292 g/mol. The third-order valence-corrected chi connectivity index (χ3v) is 3.67. The van der Waals surface area contributed by atoms with Crippen LogP contribution in [0.5, 0.6) is 0 Å². The Bertz CT molecular complexity index is 696. The van der Waals surface area contributed by atoms with E-state index in [0.29, 0.717) is 22.7 Å². The molecule has 7 heteroatoms. The fourth-order valence-electron chi connectivity index (χ4n) is 1.86. The van der Waals surface area contributed by atoms with Crippen molar-refractivity contribution in [2.45, 2.75) is 26.8 Å². The highest BCUT2D eigenvalue weighted by atomic mass is 35.5. The minimum absolute atomic E-state index is 0.230. The van der Waals surface area contributed by atoms with Gasteiger partial charge in [0.1, 0.15) is 11.7 Å². The molecule has 6 nitrogen and oxygen atoms in total. The number of rotatable bonds is 4. The molecule has 0 bridgehead atoms. The van der Waals surface area contributed by atoms with Gasteiger partial charge in [0.25, 0.3) is 0 Å². The first-order valence-corrected chi connectivity index (χ1v) is 6.75. The zero-order valence-corrected chi connectivity index (χ0v) is 12.7. The van der Waals surface area contributed by atoms with Gasteiger partial charge in [-0.1, -0.05) is 22.9 Å². The average molecular weight is 307 g/mol. The average Bonchev–Trinajstić information content (AvgIpc) is 2.83. The van der Waals surface area contributed by atoms with Crippen molar-refractivity contribution < 1.29 is 9.59 Å². The van der Waals surface area contributed by atoms with Gasteiger partial charge in [-0.15, -0.1) is 5.10 Å². The molecule has 1 amide bonds. The number of anilines is 1. The maximum Gasteiger partial charge on any atom is 0.249 e. The molecule has 1 heterocycles. The Morgan fingerprint density at radius 3 is 2.71 bits per heavy atom. The molecule has 2 rings (SSSR count). The van der Waals surface area contributed by atoms with Gasteiger partial charge in [0, 0.05) is 10.7 Å². The van der Waals surface area contributed by atoms with E-state index in [2.05, 4.69) is 15.6 Å². The van der Waals surface area contributed by atoms with E-state index in [4.69, 9.17) is 11.6 Å². The fraction of sp³-hybridized carbons (Fsp3) is 0.286. The van der Waals surface area contributed by atoms with Crippen LogP contribution in [0.4, 0.5) is 5.69 Å². The van der Waals surface area contributed by atoms with Crippen LogP contribution in [-0.2, 0) is 4.79 Å². The molecule has 110 valence electrons. The molecule has 2 aromatic rings. The Balaban J connectivity index is 2.17. The lowest BCUT2D eigenvalue weighted by Crippen LogP contribution is -2.25. The van der Waals surface area contributed by atoms with Crippen LogP contribution in [0, 0.1) is 13.8 Å². The van der Waals surface area contributed by atoms with E-state index in [0.717, 1.165) is 5.56 Å². The second-order valence-corrected chi connectivity index (χ2v) is 5.16. The number of carbonyl (C=O) groups is 2. The molecule has 1 unspecified atom stereocenters. The van der Waals surface area contributed by atoms with Crippen molar-refractivity contribution in [1.82, 2.24) is 15.0 Å². The maximum absolute atomic E-state index is 12.2. The predicted molar refractivity (Wildman–Crippen MR) is 79.7 cm³/mol. The zero-order chi connectivity index (χ0) is 15.6. The van der Waals surface area contributed by atoms with Gasteiger partial charge in [-0.05, 0) is 38.5 Å². The second kappa shape index (κ2) is 6.05. The number of nitrogens with one attached hydrogen (secondary N) is 1. The number of amides is 1. The number of aromatic nitrogens is 3. The van der Waals surface area contributed by atoms with Crippen LogP contribution in [0.3, 0.4) is 0 Å². The number of carbonyl (C=O) groups excluding carboxylic acids is 2. The SMILES string of the molecule is Cc1ccc(NC(=O)C(C)n2nnc(C=O)c2C)cc1Cl. The quantitative estimate of drug-likeness (QED) is 0.881. The van der Waals surface area contributed by atoms with Gasteiger partial charge in [-0.2, -0.15) is 0 Å². The largest absolute Gasteiger partial charge is 0.324 e. The van der Waals surface area contributed by atoms with Crippen molar-refractivity contribution in [2.24, 2.45) is 0 Å². The summed E-state index contributed by atoms with van der Waals surface area (Å²) in [5.41, 5.74) is 2.32. The summed E-state index contributed by atoms with van der Waals surface area (Å²) >= 11 is 6.02. The van der Waals surface area contributed by atoms with Gasteiger partial charge in [-0.25, -0.2) is 4.68 Å². The van der Waals surface area contributed by atoms with Crippen molar-refractivity contribution in [3.63, 3.8) is 0 Å². The number of hydrogen-bond acceptors (Lipinski definition) is 4.